The molecule has 0 aromatic heterocycles. The molecule has 0 rings (SSSR count). The zero-order valence-electron chi connectivity index (χ0n) is 5.56. The van der Waals surface area contributed by atoms with Crippen molar-refractivity contribution in [2.75, 3.05) is 0 Å². The molecule has 0 unspecified atom stereocenters. The summed E-state index contributed by atoms with van der Waals surface area (Å²) in [6.07, 6.45) is 5.38. The van der Waals surface area contributed by atoms with E-state index in [2.05, 4.69) is 6.92 Å². The van der Waals surface area contributed by atoms with Gasteiger partial charge in [0.15, 0.2) is 0 Å². The van der Waals surface area contributed by atoms with E-state index in [4.69, 9.17) is 0 Å². The first-order valence-corrected chi connectivity index (χ1v) is 4.20. The minimum atomic E-state index is 0.820. The fourth-order valence-electron chi connectivity index (χ4n) is 0.492. The van der Waals surface area contributed by atoms with Crippen molar-refractivity contribution in [2.45, 2.75) is 26.2 Å². The van der Waals surface area contributed by atoms with Gasteiger partial charge in [-0.1, -0.05) is 0 Å². The second-order valence-electron chi connectivity index (χ2n) is 1.85. The Morgan fingerprint density at radius 2 is 2.44 bits per heavy atom. The average molecular weight is 236 g/mol. The first-order valence-electron chi connectivity index (χ1n) is 3.12. The number of rotatable bonds is 4. The predicted octanol–water partition coefficient (Wildman–Crippen LogP) is 2.50. The van der Waals surface area contributed by atoms with E-state index in [1.54, 1.807) is 0 Å². The predicted molar refractivity (Wildman–Crippen MR) is 48.1 cm³/mol. The molecule has 0 radical (unpaired) electrons. The fraction of sp³-hybridized carbons (Fsp3) is 0.667. The Labute approximate surface area is 70.3 Å². The third kappa shape index (κ3) is 6.22. The van der Waals surface area contributed by atoms with Gasteiger partial charge in [-0.25, -0.2) is 0 Å². The summed E-state index contributed by atoms with van der Waals surface area (Å²) >= 11 is 2.04. The summed E-state index contributed by atoms with van der Waals surface area (Å²) in [5.41, 5.74) is 0. The van der Waals surface area contributed by atoms with Gasteiger partial charge in [-0.3, -0.25) is 0 Å². The first-order chi connectivity index (χ1) is 4.31. The summed E-state index contributed by atoms with van der Waals surface area (Å²) in [4.78, 5) is 0. The molecule has 0 atom stereocenters. The van der Waals surface area contributed by atoms with Crippen LogP contribution in [-0.4, -0.2) is 7.15 Å². The Morgan fingerprint density at radius 3 is 2.89 bits per heavy atom. The molecule has 0 aromatic carbocycles. The molecule has 50 valence electrons. The van der Waals surface area contributed by atoms with E-state index < -0.39 is 0 Å². The van der Waals surface area contributed by atoms with Gasteiger partial charge >= 0.3 is 70.2 Å². The molecule has 0 saturated carbocycles. The van der Waals surface area contributed by atoms with Crippen molar-refractivity contribution in [1.29, 1.82) is 0 Å². The van der Waals surface area contributed by atoms with E-state index in [0.29, 0.717) is 0 Å². The summed E-state index contributed by atoms with van der Waals surface area (Å²) in [6, 6.07) is 0. The maximum absolute atomic E-state index is 10.0. The molecule has 0 spiro atoms. The third-order valence-electron chi connectivity index (χ3n) is 1.01. The summed E-state index contributed by atoms with van der Waals surface area (Å²) in [6.45, 7) is 2.14. The van der Waals surface area contributed by atoms with Crippen molar-refractivity contribution < 1.29 is 4.70 Å². The van der Waals surface area contributed by atoms with Gasteiger partial charge in [-0.05, 0) is 0 Å². The van der Waals surface area contributed by atoms with Gasteiger partial charge in [-0.2, -0.15) is 0 Å². The molecule has 0 bridgehead atoms. The van der Waals surface area contributed by atoms with Crippen molar-refractivity contribution in [1.82, 2.24) is 0 Å². The molecule has 0 heterocycles. The molecule has 0 saturated heterocycles. The van der Waals surface area contributed by atoms with Crippen LogP contribution in [0.5, 0.6) is 0 Å². The molecule has 0 aliphatic heterocycles. The Kier molecular flexibility index (Phi) is 6.70. The Hall–Kier alpha value is 0.335. The SMILES string of the molecule is CCCC/C=C(\I)B=O. The summed E-state index contributed by atoms with van der Waals surface area (Å²) in [7, 11) is 0.885. The van der Waals surface area contributed by atoms with Crippen molar-refractivity contribution >= 4 is 29.7 Å². The normalized spacial score (nSPS) is 11.1. The van der Waals surface area contributed by atoms with Crippen LogP contribution in [0.4, 0.5) is 0 Å². The van der Waals surface area contributed by atoms with Crippen LogP contribution < -0.4 is 0 Å². The van der Waals surface area contributed by atoms with Crippen LogP contribution in [0, 0.1) is 0 Å². The second kappa shape index (κ2) is 6.45. The quantitative estimate of drug-likeness (QED) is 0.416. The standard InChI is InChI=1S/C6H10BIO/c1-2-3-4-5-6(8)7-9/h5H,2-4H2,1H3/b6-5-. The second-order valence-corrected chi connectivity index (χ2v) is 3.09. The molecule has 0 amide bonds. The van der Waals surface area contributed by atoms with Crippen LogP contribution in [0.1, 0.15) is 26.2 Å². The van der Waals surface area contributed by atoms with Gasteiger partial charge in [-0.15, -0.1) is 0 Å². The fourth-order valence-corrected chi connectivity index (χ4v) is 0.804. The maximum atomic E-state index is 10.0. The van der Waals surface area contributed by atoms with Crippen LogP contribution >= 0.6 is 22.6 Å². The van der Waals surface area contributed by atoms with E-state index in [9.17, 15) is 4.70 Å². The summed E-state index contributed by atoms with van der Waals surface area (Å²) in [5, 5.41) is 0. The van der Waals surface area contributed by atoms with Gasteiger partial charge in [0, 0.05) is 0 Å². The first kappa shape index (κ1) is 9.33. The number of halogens is 1. The molecule has 0 fully saturated rings. The third-order valence-corrected chi connectivity index (χ3v) is 1.70. The van der Waals surface area contributed by atoms with Crippen molar-refractivity contribution in [3.8, 4) is 0 Å². The van der Waals surface area contributed by atoms with Gasteiger partial charge < -0.3 is 0 Å². The van der Waals surface area contributed by atoms with E-state index in [1.807, 2.05) is 28.7 Å². The Bertz CT molecular complexity index is 112. The van der Waals surface area contributed by atoms with E-state index in [0.717, 1.165) is 17.0 Å². The molecule has 0 aliphatic carbocycles. The van der Waals surface area contributed by atoms with Gasteiger partial charge in [0.1, 0.15) is 0 Å². The topological polar surface area (TPSA) is 17.1 Å². The van der Waals surface area contributed by atoms with Gasteiger partial charge in [0.05, 0.1) is 0 Å². The molecular weight excluding hydrogens is 226 g/mol. The number of hydrogen-bond acceptors (Lipinski definition) is 1. The van der Waals surface area contributed by atoms with Crippen LogP contribution in [0.3, 0.4) is 0 Å². The molecule has 3 heteroatoms. The minimum absolute atomic E-state index is 0.820. The zero-order valence-corrected chi connectivity index (χ0v) is 7.72. The van der Waals surface area contributed by atoms with E-state index >= 15 is 0 Å². The summed E-state index contributed by atoms with van der Waals surface area (Å²) in [5.74, 6) is 0. The Morgan fingerprint density at radius 1 is 1.78 bits per heavy atom. The van der Waals surface area contributed by atoms with Crippen LogP contribution in [0.2, 0.25) is 0 Å². The Balaban J connectivity index is 3.31. The van der Waals surface area contributed by atoms with Crippen LogP contribution in [-0.2, 0) is 4.70 Å². The van der Waals surface area contributed by atoms with Crippen LogP contribution in [0.25, 0.3) is 0 Å². The zero-order chi connectivity index (χ0) is 7.11. The van der Waals surface area contributed by atoms with Gasteiger partial charge in [0.2, 0.25) is 0 Å². The molecular formula is C6H10BIO. The number of hydrogen-bond donors (Lipinski definition) is 0. The molecule has 1 nitrogen and oxygen atoms in total. The molecule has 9 heavy (non-hydrogen) atoms. The average Bonchev–Trinajstić information content (AvgIpc) is 1.89. The van der Waals surface area contributed by atoms with E-state index in [-0.39, 0.29) is 0 Å². The van der Waals surface area contributed by atoms with Crippen molar-refractivity contribution in [3.05, 3.63) is 9.56 Å². The van der Waals surface area contributed by atoms with Gasteiger partial charge in [0.25, 0.3) is 0 Å². The summed E-state index contributed by atoms with van der Waals surface area (Å²) < 4.78 is 10.8. The van der Waals surface area contributed by atoms with Crippen molar-refractivity contribution in [3.63, 3.8) is 0 Å². The van der Waals surface area contributed by atoms with Crippen molar-refractivity contribution in [2.24, 2.45) is 0 Å². The molecule has 0 aromatic rings. The molecule has 0 N–H and O–H groups in total. The number of allylic oxidation sites excluding steroid dienone is 1. The van der Waals surface area contributed by atoms with Crippen LogP contribution in [0.15, 0.2) is 9.56 Å². The monoisotopic (exact) mass is 236 g/mol. The van der Waals surface area contributed by atoms with E-state index in [1.165, 1.54) is 12.8 Å². The molecule has 0 aliphatic rings. The number of unbranched alkanes of at least 4 members (excludes halogenated alkanes) is 2.